The molecular weight excluding hydrogens is 336 g/mol. The van der Waals surface area contributed by atoms with Crippen molar-refractivity contribution in [1.29, 1.82) is 0 Å². The number of aromatic hydroxyl groups is 1. The average molecular weight is 357 g/mol. The van der Waals surface area contributed by atoms with E-state index < -0.39 is 11.9 Å². The highest BCUT2D eigenvalue weighted by molar-refractivity contribution is 6.32. The molecule has 7 heteroatoms. The summed E-state index contributed by atoms with van der Waals surface area (Å²) in [4.78, 5) is 22.8. The fourth-order valence-electron chi connectivity index (χ4n) is 1.59. The molecule has 0 aliphatic rings. The molecule has 0 unspecified atom stereocenters. The number of ether oxygens (including phenoxy) is 3. The van der Waals surface area contributed by atoms with Crippen molar-refractivity contribution in [3.05, 3.63) is 40.9 Å². The smallest absolute Gasteiger partial charge is 0.338 e. The predicted octanol–water partition coefficient (Wildman–Crippen LogP) is 3.12. The molecule has 0 bridgehead atoms. The van der Waals surface area contributed by atoms with E-state index in [-0.39, 0.29) is 29.5 Å². The van der Waals surface area contributed by atoms with Gasteiger partial charge in [-0.2, -0.15) is 0 Å². The Balaban J connectivity index is 2.05. The summed E-state index contributed by atoms with van der Waals surface area (Å²) in [6.07, 6.45) is 1.13. The van der Waals surface area contributed by atoms with Crippen molar-refractivity contribution in [3.63, 3.8) is 0 Å². The van der Waals surface area contributed by atoms with Gasteiger partial charge in [0, 0.05) is 31.6 Å². The van der Waals surface area contributed by atoms with Crippen molar-refractivity contribution in [1.82, 2.24) is 0 Å². The van der Waals surface area contributed by atoms with Gasteiger partial charge in [-0.05, 0) is 25.1 Å². The van der Waals surface area contributed by atoms with Gasteiger partial charge in [-0.15, -0.1) is 0 Å². The van der Waals surface area contributed by atoms with Crippen molar-refractivity contribution in [2.45, 2.75) is 19.8 Å². The number of halogens is 1. The first-order chi connectivity index (χ1) is 11.4. The number of phenolic OH excluding ortho intramolecular Hbond substituents is 1. The molecule has 132 valence electrons. The molecule has 1 aromatic rings. The Labute approximate surface area is 146 Å². The Hall–Kier alpha value is -2.05. The Morgan fingerprint density at radius 2 is 1.75 bits per heavy atom. The van der Waals surface area contributed by atoms with Crippen LogP contribution in [0.4, 0.5) is 0 Å². The molecule has 0 atom stereocenters. The summed E-state index contributed by atoms with van der Waals surface area (Å²) in [5, 5.41) is 9.38. The van der Waals surface area contributed by atoms with Crippen molar-refractivity contribution in [2.75, 3.05) is 26.4 Å². The van der Waals surface area contributed by atoms with Crippen LogP contribution in [0.1, 0.15) is 30.1 Å². The fourth-order valence-corrected chi connectivity index (χ4v) is 1.77. The minimum atomic E-state index is -0.511. The quantitative estimate of drug-likeness (QED) is 0.394. The second kappa shape index (κ2) is 10.7. The highest BCUT2D eigenvalue weighted by Gasteiger charge is 2.09. The molecule has 0 aliphatic heterocycles. The lowest BCUT2D eigenvalue weighted by molar-refractivity contribution is -0.139. The van der Waals surface area contributed by atoms with Crippen LogP contribution in [0.2, 0.25) is 5.02 Å². The lowest BCUT2D eigenvalue weighted by Crippen LogP contribution is -2.10. The Morgan fingerprint density at radius 1 is 1.12 bits per heavy atom. The third kappa shape index (κ3) is 7.48. The third-order valence-electron chi connectivity index (χ3n) is 2.86. The molecular formula is C17H21ClO6. The number of esters is 2. The molecule has 0 heterocycles. The average Bonchev–Trinajstić information content (AvgIpc) is 2.55. The van der Waals surface area contributed by atoms with E-state index in [1.165, 1.54) is 18.2 Å². The summed E-state index contributed by atoms with van der Waals surface area (Å²) in [6.45, 7) is 6.44. The van der Waals surface area contributed by atoms with Gasteiger partial charge in [0.2, 0.25) is 0 Å². The van der Waals surface area contributed by atoms with Crippen LogP contribution in [0.5, 0.6) is 5.75 Å². The Kier molecular flexibility index (Phi) is 8.89. The van der Waals surface area contributed by atoms with Gasteiger partial charge in [0.15, 0.2) is 0 Å². The molecule has 6 nitrogen and oxygen atoms in total. The first kappa shape index (κ1) is 20.0. The zero-order valence-corrected chi connectivity index (χ0v) is 14.3. The van der Waals surface area contributed by atoms with Crippen molar-refractivity contribution in [2.24, 2.45) is 0 Å². The number of rotatable bonds is 10. The third-order valence-corrected chi connectivity index (χ3v) is 3.17. The van der Waals surface area contributed by atoms with Gasteiger partial charge in [-0.25, -0.2) is 9.59 Å². The monoisotopic (exact) mass is 356 g/mol. The molecule has 0 amide bonds. The normalized spacial score (nSPS) is 10.2. The fraction of sp³-hybridized carbons (Fsp3) is 0.412. The van der Waals surface area contributed by atoms with Crippen LogP contribution in [0, 0.1) is 0 Å². The molecule has 0 aliphatic carbocycles. The summed E-state index contributed by atoms with van der Waals surface area (Å²) in [5.41, 5.74) is 0.644. The van der Waals surface area contributed by atoms with Gasteiger partial charge in [0.05, 0.1) is 23.8 Å². The molecule has 0 aromatic heterocycles. The minimum absolute atomic E-state index is 0.0875. The molecule has 0 fully saturated rings. The zero-order valence-electron chi connectivity index (χ0n) is 13.5. The predicted molar refractivity (Wildman–Crippen MR) is 89.2 cm³/mol. The van der Waals surface area contributed by atoms with E-state index in [0.29, 0.717) is 31.6 Å². The van der Waals surface area contributed by atoms with Gasteiger partial charge in [-0.3, -0.25) is 0 Å². The maximum Gasteiger partial charge on any atom is 0.338 e. The molecule has 0 saturated carbocycles. The van der Waals surface area contributed by atoms with Crippen LogP contribution in [0.3, 0.4) is 0 Å². The second-order valence-corrected chi connectivity index (χ2v) is 5.45. The molecule has 0 radical (unpaired) electrons. The van der Waals surface area contributed by atoms with E-state index in [1.54, 1.807) is 6.92 Å². The summed E-state index contributed by atoms with van der Waals surface area (Å²) in [5.74, 6) is -1.00. The van der Waals surface area contributed by atoms with Crippen LogP contribution in [-0.4, -0.2) is 43.5 Å². The zero-order chi connectivity index (χ0) is 17.9. The standard InChI is InChI=1S/C17H21ClO6/c1-12(2)16(20)23-9-3-7-22-8-4-10-24-17(21)13-5-6-15(19)14(18)11-13/h5-6,11,19H,1,3-4,7-10H2,2H3. The van der Waals surface area contributed by atoms with Crippen LogP contribution >= 0.6 is 11.6 Å². The molecule has 0 spiro atoms. The van der Waals surface area contributed by atoms with Crippen LogP contribution in [-0.2, 0) is 19.0 Å². The van der Waals surface area contributed by atoms with Gasteiger partial charge in [-0.1, -0.05) is 18.2 Å². The molecule has 0 saturated heterocycles. The molecule has 1 N–H and O–H groups in total. The van der Waals surface area contributed by atoms with Crippen molar-refractivity contribution in [3.8, 4) is 5.75 Å². The van der Waals surface area contributed by atoms with Crippen molar-refractivity contribution < 1.29 is 28.9 Å². The summed E-state index contributed by atoms with van der Waals surface area (Å²) in [6, 6.07) is 4.12. The number of benzene rings is 1. The van der Waals surface area contributed by atoms with Gasteiger partial charge < -0.3 is 19.3 Å². The van der Waals surface area contributed by atoms with Gasteiger partial charge >= 0.3 is 11.9 Å². The first-order valence-electron chi connectivity index (χ1n) is 7.48. The highest BCUT2D eigenvalue weighted by Crippen LogP contribution is 2.23. The number of hydrogen-bond donors (Lipinski definition) is 1. The van der Waals surface area contributed by atoms with Crippen molar-refractivity contribution >= 4 is 23.5 Å². The lowest BCUT2D eigenvalue weighted by Gasteiger charge is -2.07. The van der Waals surface area contributed by atoms with Crippen LogP contribution in [0.15, 0.2) is 30.4 Å². The largest absolute Gasteiger partial charge is 0.506 e. The lowest BCUT2D eigenvalue weighted by atomic mass is 10.2. The number of hydrogen-bond acceptors (Lipinski definition) is 6. The summed E-state index contributed by atoms with van der Waals surface area (Å²) >= 11 is 5.73. The minimum Gasteiger partial charge on any atom is -0.506 e. The number of carbonyl (C=O) groups is 2. The Bertz CT molecular complexity index is 584. The van der Waals surface area contributed by atoms with E-state index >= 15 is 0 Å². The topological polar surface area (TPSA) is 82.1 Å². The van der Waals surface area contributed by atoms with E-state index in [2.05, 4.69) is 6.58 Å². The maximum atomic E-state index is 11.7. The van der Waals surface area contributed by atoms with E-state index in [0.717, 1.165) is 0 Å². The molecule has 1 aromatic carbocycles. The summed E-state index contributed by atoms with van der Waals surface area (Å²) in [7, 11) is 0. The van der Waals surface area contributed by atoms with Gasteiger partial charge in [0.1, 0.15) is 5.75 Å². The van der Waals surface area contributed by atoms with Crippen LogP contribution < -0.4 is 0 Å². The van der Waals surface area contributed by atoms with Crippen LogP contribution in [0.25, 0.3) is 0 Å². The molecule has 1 rings (SSSR count). The van der Waals surface area contributed by atoms with E-state index in [1.807, 2.05) is 0 Å². The number of phenols is 1. The van der Waals surface area contributed by atoms with E-state index in [9.17, 15) is 14.7 Å². The number of carbonyl (C=O) groups excluding carboxylic acids is 2. The Morgan fingerprint density at radius 3 is 2.33 bits per heavy atom. The van der Waals surface area contributed by atoms with Gasteiger partial charge in [0.25, 0.3) is 0 Å². The maximum absolute atomic E-state index is 11.7. The second-order valence-electron chi connectivity index (χ2n) is 5.04. The van der Waals surface area contributed by atoms with E-state index in [4.69, 9.17) is 25.8 Å². The molecule has 24 heavy (non-hydrogen) atoms. The summed E-state index contributed by atoms with van der Waals surface area (Å²) < 4.78 is 15.3. The first-order valence-corrected chi connectivity index (χ1v) is 7.85. The highest BCUT2D eigenvalue weighted by atomic mass is 35.5. The SMILES string of the molecule is C=C(C)C(=O)OCCCOCCCOC(=O)c1ccc(O)c(Cl)c1.